The highest BCUT2D eigenvalue weighted by molar-refractivity contribution is 7.89. The molecule has 4 heteroatoms. The molecule has 1 N–H and O–H groups in total. The standard InChI is InChI=1S/C28H25NO2S/c1-21-17-19-25(20-18-21)32(30,31)29-28(24-13-7-4-8-14-24)27-16-10-9-15-26(27)22(2)23-11-5-3-6-12-23/h3-20,28-29H,2H2,1H3. The van der Waals surface area contributed by atoms with E-state index in [-0.39, 0.29) is 4.90 Å². The minimum absolute atomic E-state index is 0.239. The largest absolute Gasteiger partial charge is 0.241 e. The Morgan fingerprint density at radius 1 is 0.750 bits per heavy atom. The predicted octanol–water partition coefficient (Wildman–Crippen LogP) is 6.12. The number of nitrogens with one attached hydrogen (secondary N) is 1. The van der Waals surface area contributed by atoms with Crippen LogP contribution in [0.25, 0.3) is 5.57 Å². The molecule has 0 aliphatic carbocycles. The van der Waals surface area contributed by atoms with Gasteiger partial charge in [0, 0.05) is 0 Å². The van der Waals surface area contributed by atoms with Crippen molar-refractivity contribution in [2.45, 2.75) is 17.9 Å². The van der Waals surface area contributed by atoms with Gasteiger partial charge >= 0.3 is 0 Å². The monoisotopic (exact) mass is 439 g/mol. The Morgan fingerprint density at radius 2 is 1.31 bits per heavy atom. The first-order chi connectivity index (χ1) is 15.5. The van der Waals surface area contributed by atoms with E-state index in [0.717, 1.165) is 33.4 Å². The Kier molecular flexibility index (Phi) is 6.35. The van der Waals surface area contributed by atoms with Gasteiger partial charge in [-0.25, -0.2) is 8.42 Å². The van der Waals surface area contributed by atoms with E-state index in [9.17, 15) is 8.42 Å². The quantitative estimate of drug-likeness (QED) is 0.377. The summed E-state index contributed by atoms with van der Waals surface area (Å²) < 4.78 is 29.6. The molecule has 160 valence electrons. The zero-order chi connectivity index (χ0) is 22.6. The highest BCUT2D eigenvalue weighted by Gasteiger charge is 2.25. The molecule has 0 bridgehead atoms. The van der Waals surface area contributed by atoms with Crippen molar-refractivity contribution in [3.8, 4) is 0 Å². The molecule has 4 aromatic rings. The summed E-state index contributed by atoms with van der Waals surface area (Å²) in [7, 11) is -3.76. The zero-order valence-electron chi connectivity index (χ0n) is 17.9. The van der Waals surface area contributed by atoms with Crippen LogP contribution < -0.4 is 4.72 Å². The molecular weight excluding hydrogens is 414 g/mol. The van der Waals surface area contributed by atoms with E-state index < -0.39 is 16.1 Å². The van der Waals surface area contributed by atoms with Crippen molar-refractivity contribution in [2.24, 2.45) is 0 Å². The van der Waals surface area contributed by atoms with Crippen molar-refractivity contribution in [2.75, 3.05) is 0 Å². The fraction of sp³-hybridized carbons (Fsp3) is 0.0714. The van der Waals surface area contributed by atoms with E-state index in [1.165, 1.54) is 0 Å². The fourth-order valence-electron chi connectivity index (χ4n) is 3.72. The summed E-state index contributed by atoms with van der Waals surface area (Å²) >= 11 is 0. The number of aryl methyl sites for hydroxylation is 1. The van der Waals surface area contributed by atoms with Gasteiger partial charge in [0.05, 0.1) is 10.9 Å². The molecule has 0 heterocycles. The van der Waals surface area contributed by atoms with Gasteiger partial charge in [-0.15, -0.1) is 0 Å². The maximum absolute atomic E-state index is 13.3. The van der Waals surface area contributed by atoms with Crippen LogP contribution in [0.3, 0.4) is 0 Å². The molecule has 0 fully saturated rings. The number of hydrogen-bond donors (Lipinski definition) is 1. The lowest BCUT2D eigenvalue weighted by molar-refractivity contribution is 0.572. The van der Waals surface area contributed by atoms with Crippen LogP contribution in [0.4, 0.5) is 0 Å². The lowest BCUT2D eigenvalue weighted by Gasteiger charge is -2.23. The van der Waals surface area contributed by atoms with E-state index in [4.69, 9.17) is 0 Å². The van der Waals surface area contributed by atoms with E-state index >= 15 is 0 Å². The summed E-state index contributed by atoms with van der Waals surface area (Å²) in [4.78, 5) is 0.239. The highest BCUT2D eigenvalue weighted by Crippen LogP contribution is 2.33. The average Bonchev–Trinajstić information content (AvgIpc) is 2.83. The molecule has 0 aliphatic heterocycles. The molecule has 32 heavy (non-hydrogen) atoms. The Balaban J connectivity index is 1.81. The summed E-state index contributed by atoms with van der Waals surface area (Å²) in [6, 6.07) is 33.7. The van der Waals surface area contributed by atoms with Crippen molar-refractivity contribution in [3.63, 3.8) is 0 Å². The maximum Gasteiger partial charge on any atom is 0.241 e. The molecule has 0 saturated heterocycles. The highest BCUT2D eigenvalue weighted by atomic mass is 32.2. The molecule has 0 spiro atoms. The minimum atomic E-state index is -3.76. The van der Waals surface area contributed by atoms with Gasteiger partial charge in [0.25, 0.3) is 0 Å². The molecule has 0 aromatic heterocycles. The summed E-state index contributed by atoms with van der Waals surface area (Å²) in [5.41, 5.74) is 5.46. The number of benzene rings is 4. The number of sulfonamides is 1. The normalized spacial score (nSPS) is 12.3. The Bertz CT molecular complexity index is 1310. The first-order valence-corrected chi connectivity index (χ1v) is 11.9. The molecule has 4 aromatic carbocycles. The summed E-state index contributed by atoms with van der Waals surface area (Å²) in [6.07, 6.45) is 0. The Labute approximate surface area is 190 Å². The van der Waals surface area contributed by atoms with Crippen LogP contribution in [0.5, 0.6) is 0 Å². The number of hydrogen-bond acceptors (Lipinski definition) is 2. The van der Waals surface area contributed by atoms with Gasteiger partial charge < -0.3 is 0 Å². The molecule has 0 radical (unpaired) electrons. The lowest BCUT2D eigenvalue weighted by atomic mass is 9.89. The third-order valence-corrected chi connectivity index (χ3v) is 6.90. The molecular formula is C28H25NO2S. The fourth-order valence-corrected chi connectivity index (χ4v) is 4.92. The van der Waals surface area contributed by atoms with Gasteiger partial charge in [0.15, 0.2) is 0 Å². The predicted molar refractivity (Wildman–Crippen MR) is 131 cm³/mol. The van der Waals surface area contributed by atoms with Crippen molar-refractivity contribution >= 4 is 15.6 Å². The van der Waals surface area contributed by atoms with Crippen LogP contribution in [-0.4, -0.2) is 8.42 Å². The van der Waals surface area contributed by atoms with Crippen LogP contribution >= 0.6 is 0 Å². The van der Waals surface area contributed by atoms with Crippen molar-refractivity contribution in [3.05, 3.63) is 144 Å². The summed E-state index contributed by atoms with van der Waals surface area (Å²) in [6.45, 7) is 6.25. The van der Waals surface area contributed by atoms with Gasteiger partial charge in [-0.2, -0.15) is 4.72 Å². The second-order valence-electron chi connectivity index (χ2n) is 7.71. The smallest absolute Gasteiger partial charge is 0.207 e. The summed E-state index contributed by atoms with van der Waals surface area (Å²) in [5.74, 6) is 0. The maximum atomic E-state index is 13.3. The van der Waals surface area contributed by atoms with Crippen molar-refractivity contribution < 1.29 is 8.42 Å². The van der Waals surface area contributed by atoms with Crippen LogP contribution in [-0.2, 0) is 10.0 Å². The lowest BCUT2D eigenvalue weighted by Crippen LogP contribution is -2.30. The van der Waals surface area contributed by atoms with Crippen LogP contribution in [0.1, 0.15) is 33.9 Å². The first kappa shape index (κ1) is 21.8. The zero-order valence-corrected chi connectivity index (χ0v) is 18.7. The first-order valence-electron chi connectivity index (χ1n) is 10.4. The summed E-state index contributed by atoms with van der Waals surface area (Å²) in [5, 5.41) is 0. The Hall–Kier alpha value is -3.47. The van der Waals surface area contributed by atoms with E-state index in [0.29, 0.717) is 0 Å². The van der Waals surface area contributed by atoms with Gasteiger partial charge in [0.1, 0.15) is 0 Å². The molecule has 3 nitrogen and oxygen atoms in total. The van der Waals surface area contributed by atoms with Crippen molar-refractivity contribution in [1.29, 1.82) is 0 Å². The average molecular weight is 440 g/mol. The van der Waals surface area contributed by atoms with Crippen LogP contribution in [0, 0.1) is 6.92 Å². The molecule has 0 saturated carbocycles. The molecule has 0 amide bonds. The third-order valence-electron chi connectivity index (χ3n) is 5.46. The topological polar surface area (TPSA) is 46.2 Å². The van der Waals surface area contributed by atoms with Gasteiger partial charge in [0.2, 0.25) is 10.0 Å². The van der Waals surface area contributed by atoms with E-state index in [1.807, 2.05) is 91.9 Å². The van der Waals surface area contributed by atoms with Crippen LogP contribution in [0.2, 0.25) is 0 Å². The van der Waals surface area contributed by atoms with Crippen molar-refractivity contribution in [1.82, 2.24) is 4.72 Å². The number of rotatable bonds is 7. The minimum Gasteiger partial charge on any atom is -0.207 e. The second kappa shape index (κ2) is 9.35. The van der Waals surface area contributed by atoms with E-state index in [1.54, 1.807) is 24.3 Å². The SMILES string of the molecule is C=C(c1ccccc1)c1ccccc1C(NS(=O)(=O)c1ccc(C)cc1)c1ccccc1. The molecule has 1 unspecified atom stereocenters. The third kappa shape index (κ3) is 4.72. The van der Waals surface area contributed by atoms with Crippen LogP contribution in [0.15, 0.2) is 121 Å². The van der Waals surface area contributed by atoms with Gasteiger partial charge in [-0.05, 0) is 46.9 Å². The molecule has 0 aliphatic rings. The Morgan fingerprint density at radius 3 is 1.97 bits per heavy atom. The molecule has 4 rings (SSSR count). The van der Waals surface area contributed by atoms with Gasteiger partial charge in [-0.1, -0.05) is 109 Å². The van der Waals surface area contributed by atoms with Gasteiger partial charge in [-0.3, -0.25) is 0 Å². The van der Waals surface area contributed by atoms with E-state index in [2.05, 4.69) is 11.3 Å². The molecule has 1 atom stereocenters. The second-order valence-corrected chi connectivity index (χ2v) is 9.42.